The summed E-state index contributed by atoms with van der Waals surface area (Å²) in [5, 5.41) is 0. The molecule has 0 aliphatic heterocycles. The van der Waals surface area contributed by atoms with E-state index in [1.165, 1.54) is 12.8 Å². The molecule has 0 atom stereocenters. The van der Waals surface area contributed by atoms with Crippen LogP contribution in [-0.2, 0) is 25.7 Å². The Labute approximate surface area is 89.3 Å². The molecule has 0 amide bonds. The molecule has 0 bridgehead atoms. The van der Waals surface area contributed by atoms with Gasteiger partial charge < -0.3 is 4.42 Å². The normalized spacial score (nSPS) is 19.5. The summed E-state index contributed by atoms with van der Waals surface area (Å²) in [6.07, 6.45) is 8.46. The molecular weight excluding hydrogens is 188 g/mol. The summed E-state index contributed by atoms with van der Waals surface area (Å²) in [6.45, 7) is 0. The largest absolute Gasteiger partial charge is 0.465 e. The maximum atomic E-state index is 12.2. The van der Waals surface area contributed by atoms with Gasteiger partial charge in [-0.1, -0.05) is 0 Å². The highest BCUT2D eigenvalue weighted by Crippen LogP contribution is 2.25. The molecule has 1 aromatic rings. The predicted octanol–water partition coefficient (Wildman–Crippen LogP) is 2.40. The van der Waals surface area contributed by atoms with Crippen molar-refractivity contribution >= 4 is 0 Å². The summed E-state index contributed by atoms with van der Waals surface area (Å²) < 4.78 is 5.90. The molecular formula is C13H16O2. The van der Waals surface area contributed by atoms with Crippen LogP contribution in [0.3, 0.4) is 0 Å². The lowest BCUT2D eigenvalue weighted by atomic mass is 9.90. The molecule has 80 valence electrons. The van der Waals surface area contributed by atoms with E-state index in [0.29, 0.717) is 5.43 Å². The molecule has 0 aromatic carbocycles. The van der Waals surface area contributed by atoms with Crippen LogP contribution >= 0.6 is 0 Å². The second-order valence-corrected chi connectivity index (χ2v) is 4.65. The molecule has 15 heavy (non-hydrogen) atoms. The standard InChI is InChI=1S/C13H16O2/c14-13-9-5-1-3-7-11(9)15-12-8-4-2-6-10(12)13/h1-8H2. The zero-order valence-corrected chi connectivity index (χ0v) is 8.97. The summed E-state index contributed by atoms with van der Waals surface area (Å²) in [6, 6.07) is 0. The van der Waals surface area contributed by atoms with Crippen molar-refractivity contribution in [2.24, 2.45) is 0 Å². The number of fused-ring (bicyclic) bond motifs is 2. The quantitative estimate of drug-likeness (QED) is 0.649. The third-order valence-electron chi connectivity index (χ3n) is 3.63. The van der Waals surface area contributed by atoms with E-state index in [2.05, 4.69) is 0 Å². The number of hydrogen-bond donors (Lipinski definition) is 0. The first kappa shape index (κ1) is 9.20. The predicted molar refractivity (Wildman–Crippen MR) is 58.3 cm³/mol. The van der Waals surface area contributed by atoms with Crippen molar-refractivity contribution in [3.8, 4) is 0 Å². The van der Waals surface area contributed by atoms with Gasteiger partial charge in [-0.3, -0.25) is 4.79 Å². The molecule has 0 N–H and O–H groups in total. The highest BCUT2D eigenvalue weighted by atomic mass is 16.3. The van der Waals surface area contributed by atoms with Gasteiger partial charge in [0.05, 0.1) is 0 Å². The maximum Gasteiger partial charge on any atom is 0.191 e. The maximum absolute atomic E-state index is 12.2. The molecule has 0 radical (unpaired) electrons. The van der Waals surface area contributed by atoms with E-state index < -0.39 is 0 Å². The van der Waals surface area contributed by atoms with Crippen LogP contribution in [0.4, 0.5) is 0 Å². The zero-order valence-electron chi connectivity index (χ0n) is 8.97. The summed E-state index contributed by atoms with van der Waals surface area (Å²) in [5.41, 5.74) is 2.29. The minimum atomic E-state index is 0.311. The average Bonchev–Trinajstić information content (AvgIpc) is 2.30. The Bertz CT molecular complexity index is 405. The van der Waals surface area contributed by atoms with Gasteiger partial charge >= 0.3 is 0 Å². The first-order valence-electron chi connectivity index (χ1n) is 6.03. The van der Waals surface area contributed by atoms with Crippen LogP contribution in [0.1, 0.15) is 48.3 Å². The van der Waals surface area contributed by atoms with Crippen LogP contribution in [0.5, 0.6) is 0 Å². The molecule has 2 aliphatic rings. The van der Waals surface area contributed by atoms with Crippen molar-refractivity contribution in [2.75, 3.05) is 0 Å². The lowest BCUT2D eigenvalue weighted by Crippen LogP contribution is -2.23. The fourth-order valence-electron chi connectivity index (χ4n) is 2.79. The smallest absolute Gasteiger partial charge is 0.191 e. The molecule has 1 aromatic heterocycles. The molecule has 0 unspecified atom stereocenters. The monoisotopic (exact) mass is 204 g/mol. The Morgan fingerprint density at radius 3 is 1.73 bits per heavy atom. The van der Waals surface area contributed by atoms with Crippen molar-refractivity contribution in [3.63, 3.8) is 0 Å². The van der Waals surface area contributed by atoms with Gasteiger partial charge in [0, 0.05) is 24.0 Å². The van der Waals surface area contributed by atoms with Gasteiger partial charge in [-0.2, -0.15) is 0 Å². The van der Waals surface area contributed by atoms with E-state index in [1.807, 2.05) is 0 Å². The number of rotatable bonds is 0. The minimum Gasteiger partial charge on any atom is -0.465 e. The molecule has 2 nitrogen and oxygen atoms in total. The third kappa shape index (κ3) is 1.43. The SMILES string of the molecule is O=c1c2c(oc3c1CCCC3)CCCC2. The van der Waals surface area contributed by atoms with E-state index in [4.69, 9.17) is 4.42 Å². The average molecular weight is 204 g/mol. The van der Waals surface area contributed by atoms with E-state index >= 15 is 0 Å². The van der Waals surface area contributed by atoms with E-state index in [1.54, 1.807) is 0 Å². The number of aryl methyl sites for hydroxylation is 2. The van der Waals surface area contributed by atoms with Gasteiger partial charge in [-0.05, 0) is 38.5 Å². The first-order valence-corrected chi connectivity index (χ1v) is 6.03. The van der Waals surface area contributed by atoms with Crippen LogP contribution in [0.25, 0.3) is 0 Å². The van der Waals surface area contributed by atoms with E-state index in [0.717, 1.165) is 61.2 Å². The molecule has 0 spiro atoms. The Morgan fingerprint density at radius 1 is 0.733 bits per heavy atom. The highest BCUT2D eigenvalue weighted by Gasteiger charge is 2.22. The Balaban J connectivity index is 2.20. The molecule has 3 rings (SSSR count). The minimum absolute atomic E-state index is 0.311. The first-order chi connectivity index (χ1) is 7.36. The molecule has 1 heterocycles. The van der Waals surface area contributed by atoms with Crippen molar-refractivity contribution < 1.29 is 4.42 Å². The lowest BCUT2D eigenvalue weighted by Gasteiger charge is -2.20. The van der Waals surface area contributed by atoms with Crippen LogP contribution in [-0.4, -0.2) is 0 Å². The van der Waals surface area contributed by atoms with Crippen molar-refractivity contribution in [3.05, 3.63) is 32.9 Å². The van der Waals surface area contributed by atoms with Crippen LogP contribution < -0.4 is 5.43 Å². The molecule has 0 saturated heterocycles. The number of hydrogen-bond acceptors (Lipinski definition) is 2. The van der Waals surface area contributed by atoms with Gasteiger partial charge in [-0.15, -0.1) is 0 Å². The Kier molecular flexibility index (Phi) is 2.15. The van der Waals surface area contributed by atoms with Crippen molar-refractivity contribution in [1.82, 2.24) is 0 Å². The summed E-state index contributed by atoms with van der Waals surface area (Å²) in [4.78, 5) is 12.2. The molecule has 0 fully saturated rings. The Morgan fingerprint density at radius 2 is 1.20 bits per heavy atom. The van der Waals surface area contributed by atoms with Crippen molar-refractivity contribution in [2.45, 2.75) is 51.4 Å². The van der Waals surface area contributed by atoms with Crippen LogP contribution in [0.15, 0.2) is 9.21 Å². The van der Waals surface area contributed by atoms with Gasteiger partial charge in [0.2, 0.25) is 0 Å². The fraction of sp³-hybridized carbons (Fsp3) is 0.615. The van der Waals surface area contributed by atoms with Gasteiger partial charge in [0.1, 0.15) is 11.5 Å². The van der Waals surface area contributed by atoms with Gasteiger partial charge in [0.25, 0.3) is 0 Å². The second kappa shape index (κ2) is 3.51. The zero-order chi connectivity index (χ0) is 10.3. The van der Waals surface area contributed by atoms with E-state index in [-0.39, 0.29) is 0 Å². The third-order valence-corrected chi connectivity index (χ3v) is 3.63. The summed E-state index contributed by atoms with van der Waals surface area (Å²) >= 11 is 0. The lowest BCUT2D eigenvalue weighted by molar-refractivity contribution is 0.393. The molecule has 2 aliphatic carbocycles. The topological polar surface area (TPSA) is 30.2 Å². The Hall–Kier alpha value is -1.05. The van der Waals surface area contributed by atoms with Crippen LogP contribution in [0, 0.1) is 0 Å². The van der Waals surface area contributed by atoms with E-state index in [9.17, 15) is 4.79 Å². The highest BCUT2D eigenvalue weighted by molar-refractivity contribution is 5.30. The fourth-order valence-corrected chi connectivity index (χ4v) is 2.79. The second-order valence-electron chi connectivity index (χ2n) is 4.65. The van der Waals surface area contributed by atoms with Crippen LogP contribution in [0.2, 0.25) is 0 Å². The summed E-state index contributed by atoms with van der Waals surface area (Å²) in [5.74, 6) is 1.99. The molecule has 2 heteroatoms. The molecule has 0 saturated carbocycles. The summed E-state index contributed by atoms with van der Waals surface area (Å²) in [7, 11) is 0. The van der Waals surface area contributed by atoms with Gasteiger partial charge in [0.15, 0.2) is 5.43 Å². The van der Waals surface area contributed by atoms with Gasteiger partial charge in [-0.25, -0.2) is 0 Å². The van der Waals surface area contributed by atoms with Crippen molar-refractivity contribution in [1.29, 1.82) is 0 Å².